The molecule has 3 heterocycles. The number of aryl methyl sites for hydroxylation is 1. The summed E-state index contributed by atoms with van der Waals surface area (Å²) in [6.45, 7) is 1.49. The first-order valence-electron chi connectivity index (χ1n) is 11.9. The van der Waals surface area contributed by atoms with Gasteiger partial charge >= 0.3 is 12.4 Å². The van der Waals surface area contributed by atoms with Crippen molar-refractivity contribution < 1.29 is 31.1 Å². The van der Waals surface area contributed by atoms with Crippen LogP contribution in [0.2, 0.25) is 0 Å². The van der Waals surface area contributed by atoms with Gasteiger partial charge in [-0.25, -0.2) is 4.68 Å². The van der Waals surface area contributed by atoms with Crippen molar-refractivity contribution >= 4 is 0 Å². The quantitative estimate of drug-likeness (QED) is 0.444. The molecule has 3 aromatic rings. The number of aromatic nitrogens is 4. The van der Waals surface area contributed by atoms with E-state index < -0.39 is 41.2 Å². The zero-order valence-corrected chi connectivity index (χ0v) is 20.0. The molecule has 198 valence electrons. The Bertz CT molecular complexity index is 1230. The number of hydrogen-bond acceptors (Lipinski definition) is 5. The molecule has 2 fully saturated rings. The minimum absolute atomic E-state index is 0.0328. The van der Waals surface area contributed by atoms with Crippen LogP contribution in [-0.2, 0) is 29.7 Å². The van der Waals surface area contributed by atoms with Gasteiger partial charge in [-0.2, -0.15) is 26.3 Å². The zero-order valence-electron chi connectivity index (χ0n) is 20.0. The number of piperidine rings is 1. The largest absolute Gasteiger partial charge is 0.416 e. The van der Waals surface area contributed by atoms with E-state index in [0.717, 1.165) is 17.7 Å². The van der Waals surface area contributed by atoms with Crippen LogP contribution >= 0.6 is 0 Å². The van der Waals surface area contributed by atoms with E-state index in [1.807, 2.05) is 30.3 Å². The highest BCUT2D eigenvalue weighted by atomic mass is 19.4. The van der Waals surface area contributed by atoms with Gasteiger partial charge in [-0.1, -0.05) is 30.3 Å². The molecule has 0 aliphatic carbocycles. The lowest BCUT2D eigenvalue weighted by atomic mass is 9.79. The van der Waals surface area contributed by atoms with Crippen LogP contribution in [0.1, 0.15) is 66.3 Å². The number of halogens is 6. The van der Waals surface area contributed by atoms with Crippen LogP contribution in [0, 0.1) is 0 Å². The van der Waals surface area contributed by atoms with Crippen molar-refractivity contribution in [2.45, 2.75) is 68.2 Å². The first-order chi connectivity index (χ1) is 17.4. The molecule has 2 aromatic carbocycles. The van der Waals surface area contributed by atoms with Crippen molar-refractivity contribution in [3.8, 4) is 0 Å². The molecule has 0 radical (unpaired) electrons. The number of alkyl halides is 6. The Hall–Kier alpha value is -2.99. The van der Waals surface area contributed by atoms with Gasteiger partial charge in [0, 0.05) is 19.0 Å². The molecule has 12 heteroatoms. The van der Waals surface area contributed by atoms with E-state index >= 15 is 0 Å². The molecule has 0 spiro atoms. The fourth-order valence-corrected chi connectivity index (χ4v) is 5.72. The van der Waals surface area contributed by atoms with E-state index in [2.05, 4.69) is 20.8 Å². The molecule has 0 amide bonds. The third-order valence-corrected chi connectivity index (χ3v) is 7.48. The Balaban J connectivity index is 1.50. The second-order valence-electron chi connectivity index (χ2n) is 9.74. The van der Waals surface area contributed by atoms with Crippen molar-refractivity contribution in [3.63, 3.8) is 0 Å². The highest BCUT2D eigenvalue weighted by Crippen LogP contribution is 2.51. The van der Waals surface area contributed by atoms with Gasteiger partial charge in [0.1, 0.15) is 0 Å². The number of tetrazole rings is 1. The maximum Gasteiger partial charge on any atom is 0.416 e. The fourth-order valence-electron chi connectivity index (χ4n) is 5.72. The van der Waals surface area contributed by atoms with Gasteiger partial charge < -0.3 is 10.1 Å². The summed E-state index contributed by atoms with van der Waals surface area (Å²) in [7, 11) is 1.76. The van der Waals surface area contributed by atoms with Crippen LogP contribution in [0.5, 0.6) is 0 Å². The average molecular weight is 525 g/mol. The number of rotatable bonds is 5. The lowest BCUT2D eigenvalue weighted by molar-refractivity contribution is -0.143. The molecule has 1 aromatic heterocycles. The molecule has 5 rings (SSSR count). The minimum atomic E-state index is -4.93. The van der Waals surface area contributed by atoms with Gasteiger partial charge in [-0.05, 0) is 65.9 Å². The van der Waals surface area contributed by atoms with E-state index in [4.69, 9.17) is 4.74 Å². The Morgan fingerprint density at radius 1 is 1.00 bits per heavy atom. The zero-order chi connectivity index (χ0) is 26.6. The smallest absolute Gasteiger partial charge is 0.368 e. The van der Waals surface area contributed by atoms with Gasteiger partial charge in [-0.3, -0.25) is 0 Å². The van der Waals surface area contributed by atoms with Crippen molar-refractivity contribution in [2.75, 3.05) is 0 Å². The summed E-state index contributed by atoms with van der Waals surface area (Å²) in [5.74, 6) is 0.659. The molecule has 2 aliphatic rings. The number of nitrogens with zero attached hydrogens (tertiary/aromatic N) is 4. The molecular weight excluding hydrogens is 500 g/mol. The molecule has 37 heavy (non-hydrogen) atoms. The SMILES string of the molecule is CC(O[C@H]1CC[C@H]2N[C@]1(c1ccccc1)C[C@@H]2c1nnnn1C)c1cc(C(F)(F)F)cc(C(F)(F)F)c1. The van der Waals surface area contributed by atoms with E-state index in [1.165, 1.54) is 6.92 Å². The topological polar surface area (TPSA) is 64.9 Å². The van der Waals surface area contributed by atoms with E-state index in [0.29, 0.717) is 25.1 Å². The Labute approximate surface area is 209 Å². The molecule has 2 bridgehead atoms. The molecule has 1 N–H and O–H groups in total. The van der Waals surface area contributed by atoms with Crippen LogP contribution < -0.4 is 5.32 Å². The van der Waals surface area contributed by atoms with Crippen LogP contribution in [0.4, 0.5) is 26.3 Å². The second kappa shape index (κ2) is 9.09. The highest BCUT2D eigenvalue weighted by Gasteiger charge is 2.56. The van der Waals surface area contributed by atoms with Gasteiger partial charge in [0.05, 0.1) is 28.9 Å². The molecule has 5 atom stereocenters. The maximum absolute atomic E-state index is 13.4. The first kappa shape index (κ1) is 25.7. The van der Waals surface area contributed by atoms with Gasteiger partial charge in [-0.15, -0.1) is 5.10 Å². The minimum Gasteiger partial charge on any atom is -0.368 e. The van der Waals surface area contributed by atoms with E-state index in [-0.39, 0.29) is 23.6 Å². The number of benzene rings is 2. The Kier molecular flexibility index (Phi) is 6.30. The third kappa shape index (κ3) is 4.72. The fraction of sp³-hybridized carbons (Fsp3) is 0.480. The first-order valence-corrected chi connectivity index (χ1v) is 11.9. The van der Waals surface area contributed by atoms with Crippen molar-refractivity contribution in [2.24, 2.45) is 7.05 Å². The summed E-state index contributed by atoms with van der Waals surface area (Å²) < 4.78 is 88.6. The average Bonchev–Trinajstić information content (AvgIpc) is 3.41. The summed E-state index contributed by atoms with van der Waals surface area (Å²) in [5, 5.41) is 15.6. The monoisotopic (exact) mass is 525 g/mol. The third-order valence-electron chi connectivity index (χ3n) is 7.48. The highest BCUT2D eigenvalue weighted by molar-refractivity contribution is 5.36. The van der Waals surface area contributed by atoms with Crippen LogP contribution in [-0.4, -0.2) is 32.4 Å². The van der Waals surface area contributed by atoms with Gasteiger partial charge in [0.15, 0.2) is 5.82 Å². The summed E-state index contributed by atoms with van der Waals surface area (Å²) >= 11 is 0. The molecule has 2 saturated heterocycles. The maximum atomic E-state index is 13.4. The normalized spacial score (nSPS) is 26.9. The van der Waals surface area contributed by atoms with Gasteiger partial charge in [0.25, 0.3) is 0 Å². The lowest BCUT2D eigenvalue weighted by Gasteiger charge is -2.43. The lowest BCUT2D eigenvalue weighted by Crippen LogP contribution is -2.54. The molecular formula is C25H25F6N5O. The number of hydrogen-bond donors (Lipinski definition) is 1. The Morgan fingerprint density at radius 3 is 2.22 bits per heavy atom. The predicted molar refractivity (Wildman–Crippen MR) is 120 cm³/mol. The van der Waals surface area contributed by atoms with Crippen LogP contribution in [0.25, 0.3) is 0 Å². The second-order valence-corrected chi connectivity index (χ2v) is 9.74. The Morgan fingerprint density at radius 2 is 1.65 bits per heavy atom. The summed E-state index contributed by atoms with van der Waals surface area (Å²) in [4.78, 5) is 0. The molecule has 2 aliphatic heterocycles. The summed E-state index contributed by atoms with van der Waals surface area (Å²) in [6.07, 6.45) is -9.60. The van der Waals surface area contributed by atoms with Crippen LogP contribution in [0.15, 0.2) is 48.5 Å². The number of ether oxygens (including phenoxy) is 1. The number of fused-ring (bicyclic) bond motifs is 2. The number of nitrogens with one attached hydrogen (secondary N) is 1. The standard InChI is InChI=1S/C25H25F6N5O/c1-14(15-10-17(24(26,27)28)12-18(11-15)25(29,30)31)37-21-9-8-20-19(22-33-34-35-36(22)2)13-23(21,32-20)16-6-4-3-5-7-16/h3-7,10-12,14,19-21,32H,8-9,13H2,1-2H3/t14?,19-,20+,21-,23-/m0/s1. The van der Waals surface area contributed by atoms with Crippen molar-refractivity contribution in [1.29, 1.82) is 0 Å². The predicted octanol–water partition coefficient (Wildman–Crippen LogP) is 5.53. The molecule has 0 saturated carbocycles. The van der Waals surface area contributed by atoms with E-state index in [9.17, 15) is 26.3 Å². The van der Waals surface area contributed by atoms with Crippen molar-refractivity contribution in [3.05, 3.63) is 76.6 Å². The van der Waals surface area contributed by atoms with Crippen molar-refractivity contribution in [1.82, 2.24) is 25.5 Å². The van der Waals surface area contributed by atoms with Crippen LogP contribution in [0.3, 0.4) is 0 Å². The van der Waals surface area contributed by atoms with Gasteiger partial charge in [0.2, 0.25) is 0 Å². The molecule has 6 nitrogen and oxygen atoms in total. The van der Waals surface area contributed by atoms with E-state index in [1.54, 1.807) is 11.7 Å². The summed E-state index contributed by atoms with van der Waals surface area (Å²) in [5.41, 5.74) is -2.69. The summed E-state index contributed by atoms with van der Waals surface area (Å²) in [6, 6.07) is 11.2. The molecule has 1 unspecified atom stereocenters.